The predicted molar refractivity (Wildman–Crippen MR) is 107 cm³/mol. The van der Waals surface area contributed by atoms with Gasteiger partial charge in [0, 0.05) is 6.54 Å². The number of methoxy groups -OCH3 is 2. The molecule has 3 aromatic rings. The van der Waals surface area contributed by atoms with E-state index in [0.717, 1.165) is 22.8 Å². The molecule has 0 aliphatic heterocycles. The van der Waals surface area contributed by atoms with Gasteiger partial charge in [-0.15, -0.1) is 0 Å². The molecule has 0 spiro atoms. The highest BCUT2D eigenvalue weighted by atomic mass is 32.2. The topological polar surface area (TPSA) is 99.9 Å². The highest BCUT2D eigenvalue weighted by Gasteiger charge is 2.12. The molecule has 0 aliphatic carbocycles. The molecule has 0 fully saturated rings. The predicted octanol–water partition coefficient (Wildman–Crippen LogP) is 2.80. The number of hydrogen-bond donors (Lipinski definition) is 1. The van der Waals surface area contributed by atoms with Crippen LogP contribution in [0.3, 0.4) is 0 Å². The Bertz CT molecular complexity index is 971. The average molecular weight is 416 g/mol. The molecule has 3 rings (SSSR count). The zero-order valence-electron chi connectivity index (χ0n) is 16.0. The van der Waals surface area contributed by atoms with Gasteiger partial charge in [0.25, 0.3) is 11.1 Å². The monoisotopic (exact) mass is 416 g/mol. The van der Waals surface area contributed by atoms with Crippen LogP contribution < -0.4 is 14.8 Å². The Hall–Kier alpha value is -3.20. The highest BCUT2D eigenvalue weighted by Crippen LogP contribution is 2.27. The summed E-state index contributed by atoms with van der Waals surface area (Å²) in [5, 5.41) is 3.06. The Morgan fingerprint density at radius 3 is 2.66 bits per heavy atom. The summed E-state index contributed by atoms with van der Waals surface area (Å²) in [4.78, 5) is 28.0. The number of nitrogens with zero attached hydrogens (tertiary/aromatic N) is 1. The third-order valence-corrected chi connectivity index (χ3v) is 4.69. The molecule has 8 nitrogen and oxygen atoms in total. The van der Waals surface area contributed by atoms with Gasteiger partial charge in [0.05, 0.1) is 14.2 Å². The maximum Gasteiger partial charge on any atom is 0.316 e. The van der Waals surface area contributed by atoms with Crippen LogP contribution in [0.25, 0.3) is 11.1 Å². The molecular weight excluding hydrogens is 396 g/mol. The van der Waals surface area contributed by atoms with Crippen molar-refractivity contribution in [2.75, 3.05) is 26.6 Å². The van der Waals surface area contributed by atoms with Crippen molar-refractivity contribution in [3.05, 3.63) is 48.0 Å². The number of fused-ring (bicyclic) bond motifs is 1. The maximum absolute atomic E-state index is 11.9. The molecule has 29 heavy (non-hydrogen) atoms. The quantitative estimate of drug-likeness (QED) is 0.420. The van der Waals surface area contributed by atoms with Crippen molar-refractivity contribution in [3.8, 4) is 11.5 Å². The summed E-state index contributed by atoms with van der Waals surface area (Å²) in [6.07, 6.45) is 0. The van der Waals surface area contributed by atoms with Crippen LogP contribution in [-0.4, -0.2) is 43.4 Å². The minimum absolute atomic E-state index is 0.00419. The number of benzene rings is 2. The Morgan fingerprint density at radius 1 is 1.10 bits per heavy atom. The van der Waals surface area contributed by atoms with Crippen molar-refractivity contribution in [3.63, 3.8) is 0 Å². The largest absolute Gasteiger partial charge is 0.493 e. The Labute approximate surface area is 171 Å². The Balaban J connectivity index is 1.40. The lowest BCUT2D eigenvalue weighted by molar-refractivity contribution is -0.145. The van der Waals surface area contributed by atoms with E-state index in [2.05, 4.69) is 10.3 Å². The summed E-state index contributed by atoms with van der Waals surface area (Å²) >= 11 is 1.11. The van der Waals surface area contributed by atoms with Crippen LogP contribution in [0.1, 0.15) is 5.56 Å². The molecule has 0 unspecified atom stereocenters. The second kappa shape index (κ2) is 9.83. The number of aromatic nitrogens is 1. The molecule has 1 N–H and O–H groups in total. The minimum Gasteiger partial charge on any atom is -0.493 e. The molecule has 1 amide bonds. The first kappa shape index (κ1) is 20.5. The van der Waals surface area contributed by atoms with Gasteiger partial charge in [-0.25, -0.2) is 4.98 Å². The lowest BCUT2D eigenvalue weighted by Gasteiger charge is -2.10. The second-order valence-corrected chi connectivity index (χ2v) is 6.79. The number of rotatable bonds is 9. The molecule has 0 atom stereocenters. The summed E-state index contributed by atoms with van der Waals surface area (Å²) in [7, 11) is 3.09. The van der Waals surface area contributed by atoms with Gasteiger partial charge >= 0.3 is 5.97 Å². The van der Waals surface area contributed by atoms with E-state index >= 15 is 0 Å². The van der Waals surface area contributed by atoms with E-state index in [4.69, 9.17) is 18.6 Å². The van der Waals surface area contributed by atoms with Gasteiger partial charge < -0.3 is 23.9 Å². The van der Waals surface area contributed by atoms with E-state index in [1.165, 1.54) is 0 Å². The zero-order chi connectivity index (χ0) is 20.6. The van der Waals surface area contributed by atoms with E-state index in [9.17, 15) is 9.59 Å². The van der Waals surface area contributed by atoms with Crippen molar-refractivity contribution in [2.45, 2.75) is 11.8 Å². The van der Waals surface area contributed by atoms with Crippen molar-refractivity contribution < 1.29 is 28.2 Å². The number of hydrogen-bond acceptors (Lipinski definition) is 8. The van der Waals surface area contributed by atoms with Gasteiger partial charge in [-0.05, 0) is 29.8 Å². The molecule has 0 radical (unpaired) electrons. The normalized spacial score (nSPS) is 10.6. The molecule has 2 aromatic carbocycles. The van der Waals surface area contributed by atoms with Crippen LogP contribution in [0.2, 0.25) is 0 Å². The SMILES string of the molecule is COc1ccc(CNC(=O)COC(=O)CSc2nc3ccccc3o2)cc1OC. The van der Waals surface area contributed by atoms with Crippen LogP contribution >= 0.6 is 11.8 Å². The number of para-hydroxylation sites is 2. The second-order valence-electron chi connectivity index (χ2n) is 5.86. The Kier molecular flexibility index (Phi) is 6.96. The molecule has 9 heteroatoms. The third-order valence-electron chi connectivity index (χ3n) is 3.89. The van der Waals surface area contributed by atoms with Gasteiger partial charge in [0.1, 0.15) is 11.3 Å². The van der Waals surface area contributed by atoms with Gasteiger partial charge in [0.2, 0.25) is 0 Å². The lowest BCUT2D eigenvalue weighted by atomic mass is 10.2. The fraction of sp³-hybridized carbons (Fsp3) is 0.250. The fourth-order valence-electron chi connectivity index (χ4n) is 2.46. The standard InChI is InChI=1S/C20H20N2O6S/c1-25-16-8-7-13(9-17(16)26-2)10-21-18(23)11-27-19(24)12-29-20-22-14-5-3-4-6-15(14)28-20/h3-9H,10-12H2,1-2H3,(H,21,23). The lowest BCUT2D eigenvalue weighted by Crippen LogP contribution is -2.28. The van der Waals surface area contributed by atoms with Crippen molar-refractivity contribution >= 4 is 34.7 Å². The summed E-state index contributed by atoms with van der Waals surface area (Å²) in [5.41, 5.74) is 2.20. The van der Waals surface area contributed by atoms with Gasteiger partial charge in [0.15, 0.2) is 23.7 Å². The number of carbonyl (C=O) groups excluding carboxylic acids is 2. The van der Waals surface area contributed by atoms with E-state index in [-0.39, 0.29) is 18.9 Å². The zero-order valence-corrected chi connectivity index (χ0v) is 16.8. The number of carbonyl (C=O) groups is 2. The van der Waals surface area contributed by atoms with Crippen LogP contribution in [0.15, 0.2) is 52.1 Å². The van der Waals surface area contributed by atoms with Crippen LogP contribution in [0, 0.1) is 0 Å². The number of thioether (sulfide) groups is 1. The van der Waals surface area contributed by atoms with Gasteiger partial charge in [-0.3, -0.25) is 9.59 Å². The number of nitrogens with one attached hydrogen (secondary N) is 1. The Morgan fingerprint density at radius 2 is 1.90 bits per heavy atom. The third kappa shape index (κ3) is 5.64. The van der Waals surface area contributed by atoms with E-state index in [1.807, 2.05) is 24.3 Å². The van der Waals surface area contributed by atoms with Crippen molar-refractivity contribution in [1.82, 2.24) is 10.3 Å². The first-order valence-corrected chi connectivity index (χ1v) is 9.69. The molecule has 0 saturated carbocycles. The summed E-state index contributed by atoms with van der Waals surface area (Å²) in [5.74, 6) is 0.240. The first-order chi connectivity index (χ1) is 14.1. The molecule has 1 aromatic heterocycles. The molecule has 0 bridgehead atoms. The fourth-order valence-corrected chi connectivity index (χ4v) is 3.10. The average Bonchev–Trinajstić information content (AvgIpc) is 3.17. The number of oxazole rings is 1. The molecule has 0 aliphatic rings. The highest BCUT2D eigenvalue weighted by molar-refractivity contribution is 7.99. The summed E-state index contributed by atoms with van der Waals surface area (Å²) in [6, 6.07) is 12.7. The minimum atomic E-state index is -0.529. The molecule has 152 valence electrons. The van der Waals surface area contributed by atoms with Crippen LogP contribution in [-0.2, 0) is 20.9 Å². The molecule has 1 heterocycles. The molecule has 0 saturated heterocycles. The first-order valence-electron chi connectivity index (χ1n) is 8.70. The smallest absolute Gasteiger partial charge is 0.316 e. The summed E-state index contributed by atoms with van der Waals surface area (Å²) in [6.45, 7) is -0.0887. The van der Waals surface area contributed by atoms with Crippen LogP contribution in [0.5, 0.6) is 11.5 Å². The van der Waals surface area contributed by atoms with Gasteiger partial charge in [-0.2, -0.15) is 0 Å². The number of amides is 1. The van der Waals surface area contributed by atoms with Gasteiger partial charge in [-0.1, -0.05) is 30.0 Å². The number of ether oxygens (including phenoxy) is 3. The van der Waals surface area contributed by atoms with Crippen molar-refractivity contribution in [2.24, 2.45) is 0 Å². The van der Waals surface area contributed by atoms with Crippen molar-refractivity contribution in [1.29, 1.82) is 0 Å². The maximum atomic E-state index is 11.9. The van der Waals surface area contributed by atoms with E-state index in [0.29, 0.717) is 22.3 Å². The van der Waals surface area contributed by atoms with E-state index < -0.39 is 11.9 Å². The molecular formula is C20H20N2O6S. The number of esters is 1. The summed E-state index contributed by atoms with van der Waals surface area (Å²) < 4.78 is 20.9. The van der Waals surface area contributed by atoms with Crippen LogP contribution in [0.4, 0.5) is 0 Å². The van der Waals surface area contributed by atoms with E-state index in [1.54, 1.807) is 32.4 Å².